The Morgan fingerprint density at radius 3 is 2.73 bits per heavy atom. The molecule has 33 heavy (non-hydrogen) atoms. The van der Waals surface area contributed by atoms with Gasteiger partial charge >= 0.3 is 0 Å². The molecule has 168 valence electrons. The van der Waals surface area contributed by atoms with Gasteiger partial charge in [-0.2, -0.15) is 5.10 Å². The van der Waals surface area contributed by atoms with Crippen LogP contribution in [0.5, 0.6) is 5.75 Å². The second-order valence-corrected chi connectivity index (χ2v) is 9.23. The number of nitrogens with one attached hydrogen (secondary N) is 1. The lowest BCUT2D eigenvalue weighted by Crippen LogP contribution is -2.20. The molecule has 0 saturated carbocycles. The van der Waals surface area contributed by atoms with E-state index in [9.17, 15) is 4.79 Å². The van der Waals surface area contributed by atoms with Crippen LogP contribution >= 0.6 is 27.7 Å². The lowest BCUT2D eigenvalue weighted by Gasteiger charge is -2.09. The number of para-hydroxylation sites is 2. The first kappa shape index (κ1) is 23.1. The van der Waals surface area contributed by atoms with Crippen molar-refractivity contribution in [2.24, 2.45) is 5.10 Å². The maximum atomic E-state index is 12.4. The average molecular weight is 523 g/mol. The zero-order valence-electron chi connectivity index (χ0n) is 18.3. The number of rotatable bonds is 8. The van der Waals surface area contributed by atoms with Gasteiger partial charge < -0.3 is 9.30 Å². The Morgan fingerprint density at radius 1 is 1.18 bits per heavy atom. The first-order chi connectivity index (χ1) is 16.0. The van der Waals surface area contributed by atoms with Crippen molar-refractivity contribution in [2.45, 2.75) is 18.6 Å². The number of carbonyl (C=O) groups is 1. The third-order valence-electron chi connectivity index (χ3n) is 4.99. The zero-order valence-corrected chi connectivity index (χ0v) is 20.7. The number of amides is 1. The van der Waals surface area contributed by atoms with Gasteiger partial charge in [-0.15, -0.1) is 0 Å². The molecule has 6 nitrogen and oxygen atoms in total. The maximum absolute atomic E-state index is 12.4. The molecule has 0 aliphatic heterocycles. The number of aryl methyl sites for hydroxylation is 1. The van der Waals surface area contributed by atoms with Gasteiger partial charge in [0.2, 0.25) is 0 Å². The van der Waals surface area contributed by atoms with Gasteiger partial charge in [0.1, 0.15) is 5.75 Å². The van der Waals surface area contributed by atoms with Gasteiger partial charge in [-0.1, -0.05) is 53.7 Å². The second-order valence-electron chi connectivity index (χ2n) is 7.43. The Kier molecular flexibility index (Phi) is 7.47. The fraction of sp³-hybridized carbons (Fsp3) is 0.160. The van der Waals surface area contributed by atoms with Crippen LogP contribution in [0.2, 0.25) is 0 Å². The molecule has 0 bridgehead atoms. The summed E-state index contributed by atoms with van der Waals surface area (Å²) < 4.78 is 8.19. The van der Waals surface area contributed by atoms with Gasteiger partial charge in [-0.25, -0.2) is 10.4 Å². The summed E-state index contributed by atoms with van der Waals surface area (Å²) in [6.07, 6.45) is 1.60. The molecule has 0 aliphatic carbocycles. The molecule has 0 spiro atoms. The molecule has 8 heteroatoms. The summed E-state index contributed by atoms with van der Waals surface area (Å²) in [7, 11) is 1.61. The molecule has 0 aliphatic rings. The fourth-order valence-electron chi connectivity index (χ4n) is 3.30. The smallest absolute Gasteiger partial charge is 0.250 e. The highest BCUT2D eigenvalue weighted by molar-refractivity contribution is 9.10. The van der Waals surface area contributed by atoms with E-state index in [-0.39, 0.29) is 11.7 Å². The van der Waals surface area contributed by atoms with Crippen LogP contribution in [0.15, 0.2) is 81.5 Å². The number of benzene rings is 3. The number of carbonyl (C=O) groups excluding carboxylic acids is 1. The normalized spacial score (nSPS) is 11.2. The number of hydrazone groups is 1. The standard InChI is InChI=1S/C25H23BrN4O2S/c1-17-7-9-18(10-8-17)15-30-22-6-4-3-5-21(22)28-25(30)33-16-24(31)29-27-14-19-11-12-23(32-2)20(26)13-19/h3-14H,15-16H2,1-2H3,(H,29,31)/b27-14-. The van der Waals surface area contributed by atoms with Crippen LogP contribution in [0, 0.1) is 6.92 Å². The van der Waals surface area contributed by atoms with Crippen molar-refractivity contribution in [3.63, 3.8) is 0 Å². The van der Waals surface area contributed by atoms with Crippen molar-refractivity contribution in [3.05, 3.63) is 87.9 Å². The van der Waals surface area contributed by atoms with Crippen LogP contribution in [-0.2, 0) is 11.3 Å². The van der Waals surface area contributed by atoms with Gasteiger partial charge in [0.25, 0.3) is 5.91 Å². The molecule has 0 atom stereocenters. The molecule has 1 amide bonds. The minimum absolute atomic E-state index is 0.197. The molecule has 1 aromatic heterocycles. The number of aromatic nitrogens is 2. The number of halogens is 1. The number of fused-ring (bicyclic) bond motifs is 1. The molecule has 0 radical (unpaired) electrons. The highest BCUT2D eigenvalue weighted by Gasteiger charge is 2.13. The maximum Gasteiger partial charge on any atom is 0.250 e. The third-order valence-corrected chi connectivity index (χ3v) is 6.59. The highest BCUT2D eigenvalue weighted by atomic mass is 79.9. The number of nitrogens with zero attached hydrogens (tertiary/aromatic N) is 3. The quantitative estimate of drug-likeness (QED) is 0.191. The van der Waals surface area contributed by atoms with E-state index in [0.29, 0.717) is 6.54 Å². The van der Waals surface area contributed by atoms with Crippen molar-refractivity contribution >= 4 is 50.8 Å². The summed E-state index contributed by atoms with van der Waals surface area (Å²) in [6.45, 7) is 2.77. The lowest BCUT2D eigenvalue weighted by atomic mass is 10.1. The van der Waals surface area contributed by atoms with Crippen LogP contribution < -0.4 is 10.2 Å². The monoisotopic (exact) mass is 522 g/mol. The van der Waals surface area contributed by atoms with E-state index in [0.717, 1.165) is 32.0 Å². The predicted molar refractivity (Wildman–Crippen MR) is 137 cm³/mol. The van der Waals surface area contributed by atoms with E-state index in [1.807, 2.05) is 36.4 Å². The molecule has 0 unspecified atom stereocenters. The first-order valence-electron chi connectivity index (χ1n) is 10.3. The Morgan fingerprint density at radius 2 is 1.97 bits per heavy atom. The molecule has 0 saturated heterocycles. The Bertz CT molecular complexity index is 1300. The van der Waals surface area contributed by atoms with Gasteiger partial charge in [0.05, 0.1) is 41.1 Å². The number of hydrogen-bond donors (Lipinski definition) is 1. The fourth-order valence-corrected chi connectivity index (χ4v) is 4.66. The van der Waals surface area contributed by atoms with E-state index in [4.69, 9.17) is 9.72 Å². The third kappa shape index (κ3) is 5.83. The largest absolute Gasteiger partial charge is 0.496 e. The number of imidazole rings is 1. The van der Waals surface area contributed by atoms with Crippen LogP contribution in [0.1, 0.15) is 16.7 Å². The van der Waals surface area contributed by atoms with Crippen molar-refractivity contribution in [1.82, 2.24) is 15.0 Å². The molecule has 0 fully saturated rings. The predicted octanol–water partition coefficient (Wildman–Crippen LogP) is 5.41. The minimum Gasteiger partial charge on any atom is -0.496 e. The topological polar surface area (TPSA) is 68.5 Å². The molecular weight excluding hydrogens is 500 g/mol. The van der Waals surface area contributed by atoms with E-state index in [2.05, 4.69) is 68.3 Å². The minimum atomic E-state index is -0.197. The van der Waals surface area contributed by atoms with Crippen molar-refractivity contribution in [3.8, 4) is 5.75 Å². The Hall–Kier alpha value is -3.10. The number of hydrogen-bond acceptors (Lipinski definition) is 5. The lowest BCUT2D eigenvalue weighted by molar-refractivity contribution is -0.118. The van der Waals surface area contributed by atoms with Crippen molar-refractivity contribution in [1.29, 1.82) is 0 Å². The van der Waals surface area contributed by atoms with Gasteiger partial charge in [0, 0.05) is 0 Å². The van der Waals surface area contributed by atoms with Gasteiger partial charge in [-0.05, 0) is 64.3 Å². The molecule has 4 aromatic rings. The van der Waals surface area contributed by atoms with Crippen LogP contribution in [-0.4, -0.2) is 34.5 Å². The first-order valence-corrected chi connectivity index (χ1v) is 12.1. The second kappa shape index (κ2) is 10.7. The van der Waals surface area contributed by atoms with Crippen LogP contribution in [0.3, 0.4) is 0 Å². The molecule has 4 rings (SSSR count). The van der Waals surface area contributed by atoms with E-state index in [1.54, 1.807) is 13.3 Å². The number of methoxy groups -OCH3 is 1. The summed E-state index contributed by atoms with van der Waals surface area (Å²) in [6, 6.07) is 22.0. The van der Waals surface area contributed by atoms with Crippen LogP contribution in [0.4, 0.5) is 0 Å². The molecule has 3 aromatic carbocycles. The van der Waals surface area contributed by atoms with Gasteiger partial charge in [-0.3, -0.25) is 4.79 Å². The Labute approximate surface area is 205 Å². The van der Waals surface area contributed by atoms with E-state index >= 15 is 0 Å². The number of thioether (sulfide) groups is 1. The summed E-state index contributed by atoms with van der Waals surface area (Å²) >= 11 is 4.84. The molecular formula is C25H23BrN4O2S. The number of ether oxygens (including phenoxy) is 1. The molecule has 1 N–H and O–H groups in total. The van der Waals surface area contributed by atoms with Crippen molar-refractivity contribution < 1.29 is 9.53 Å². The summed E-state index contributed by atoms with van der Waals surface area (Å²) in [5.41, 5.74) is 7.80. The molecule has 1 heterocycles. The van der Waals surface area contributed by atoms with E-state index in [1.165, 1.54) is 22.9 Å². The summed E-state index contributed by atoms with van der Waals surface area (Å²) in [4.78, 5) is 17.1. The average Bonchev–Trinajstić information content (AvgIpc) is 3.16. The summed E-state index contributed by atoms with van der Waals surface area (Å²) in [5, 5.41) is 4.87. The van der Waals surface area contributed by atoms with E-state index < -0.39 is 0 Å². The summed E-state index contributed by atoms with van der Waals surface area (Å²) in [5.74, 6) is 0.750. The van der Waals surface area contributed by atoms with Gasteiger partial charge in [0.15, 0.2) is 5.16 Å². The highest BCUT2D eigenvalue weighted by Crippen LogP contribution is 2.26. The SMILES string of the molecule is COc1ccc(/C=N\NC(=O)CSc2nc3ccccc3n2Cc2ccc(C)cc2)cc1Br. The van der Waals surface area contributed by atoms with Crippen molar-refractivity contribution in [2.75, 3.05) is 12.9 Å². The Balaban J connectivity index is 1.42. The van der Waals surface area contributed by atoms with Crippen LogP contribution in [0.25, 0.3) is 11.0 Å². The zero-order chi connectivity index (χ0) is 23.2.